The van der Waals surface area contributed by atoms with Crippen LogP contribution < -0.4 is 0 Å². The molecule has 1 rings (SSSR count). The van der Waals surface area contributed by atoms with Crippen LogP contribution in [-0.4, -0.2) is 32.3 Å². The smallest absolute Gasteiger partial charge is 0.306 e. The highest BCUT2D eigenvalue weighted by Gasteiger charge is 2.31. The third kappa shape index (κ3) is 6.92. The molecule has 19 heavy (non-hydrogen) atoms. The maximum atomic E-state index is 11.8. The standard InChI is InChI=1S/C13H24O5S/c1-13(2,3)17-12(14)9-10-7-5-6-8-11(10)18-19(4,15)16/h10-11H,5-9H2,1-4H3. The van der Waals surface area contributed by atoms with E-state index in [0.29, 0.717) is 6.42 Å². The molecule has 5 nitrogen and oxygen atoms in total. The topological polar surface area (TPSA) is 69.7 Å². The number of hydrogen-bond acceptors (Lipinski definition) is 5. The number of ether oxygens (including phenoxy) is 1. The molecule has 6 heteroatoms. The molecule has 0 heterocycles. The summed E-state index contributed by atoms with van der Waals surface area (Å²) in [6.07, 6.45) is 4.29. The van der Waals surface area contributed by atoms with Crippen molar-refractivity contribution in [2.45, 2.75) is 64.6 Å². The van der Waals surface area contributed by atoms with Gasteiger partial charge in [0.2, 0.25) is 0 Å². The lowest BCUT2D eigenvalue weighted by Crippen LogP contribution is -2.33. The quantitative estimate of drug-likeness (QED) is 0.587. The van der Waals surface area contributed by atoms with Crippen molar-refractivity contribution in [3.05, 3.63) is 0 Å². The average molecular weight is 292 g/mol. The molecule has 0 aromatic carbocycles. The monoisotopic (exact) mass is 292 g/mol. The molecule has 2 unspecified atom stereocenters. The lowest BCUT2D eigenvalue weighted by atomic mass is 9.84. The molecule has 0 spiro atoms. The van der Waals surface area contributed by atoms with E-state index in [1.165, 1.54) is 0 Å². The Morgan fingerprint density at radius 3 is 2.32 bits per heavy atom. The van der Waals surface area contributed by atoms with Crippen LogP contribution in [-0.2, 0) is 23.8 Å². The van der Waals surface area contributed by atoms with Crippen molar-refractivity contribution in [3.8, 4) is 0 Å². The van der Waals surface area contributed by atoms with Crippen molar-refractivity contribution in [3.63, 3.8) is 0 Å². The van der Waals surface area contributed by atoms with E-state index in [4.69, 9.17) is 8.92 Å². The van der Waals surface area contributed by atoms with Crippen LogP contribution in [0.5, 0.6) is 0 Å². The lowest BCUT2D eigenvalue weighted by Gasteiger charge is -2.30. The van der Waals surface area contributed by atoms with Gasteiger partial charge in [0.05, 0.1) is 18.8 Å². The predicted molar refractivity (Wildman–Crippen MR) is 72.1 cm³/mol. The van der Waals surface area contributed by atoms with Gasteiger partial charge in [0.25, 0.3) is 10.1 Å². The van der Waals surface area contributed by atoms with Crippen LogP contribution in [0.4, 0.5) is 0 Å². The van der Waals surface area contributed by atoms with Gasteiger partial charge in [-0.15, -0.1) is 0 Å². The van der Waals surface area contributed by atoms with Gasteiger partial charge in [0.15, 0.2) is 0 Å². The molecule has 0 bridgehead atoms. The molecule has 2 atom stereocenters. The molecule has 0 aromatic heterocycles. The Kier molecular flexibility index (Phi) is 5.38. The van der Waals surface area contributed by atoms with Crippen molar-refractivity contribution in [2.75, 3.05) is 6.26 Å². The minimum atomic E-state index is -3.48. The van der Waals surface area contributed by atoms with Gasteiger partial charge in [-0.2, -0.15) is 8.42 Å². The molecule has 0 N–H and O–H groups in total. The maximum Gasteiger partial charge on any atom is 0.306 e. The van der Waals surface area contributed by atoms with Crippen molar-refractivity contribution in [1.29, 1.82) is 0 Å². The second kappa shape index (κ2) is 6.22. The SMILES string of the molecule is CC(C)(C)OC(=O)CC1CCCCC1OS(C)(=O)=O. The summed E-state index contributed by atoms with van der Waals surface area (Å²) in [6, 6.07) is 0. The van der Waals surface area contributed by atoms with Gasteiger partial charge >= 0.3 is 5.97 Å². The van der Waals surface area contributed by atoms with E-state index in [9.17, 15) is 13.2 Å². The number of esters is 1. The van der Waals surface area contributed by atoms with Gasteiger partial charge < -0.3 is 4.74 Å². The highest BCUT2D eigenvalue weighted by Crippen LogP contribution is 2.31. The average Bonchev–Trinajstić information content (AvgIpc) is 2.15. The summed E-state index contributed by atoms with van der Waals surface area (Å²) >= 11 is 0. The van der Waals surface area contributed by atoms with Crippen molar-refractivity contribution in [2.24, 2.45) is 5.92 Å². The highest BCUT2D eigenvalue weighted by molar-refractivity contribution is 7.86. The van der Waals surface area contributed by atoms with Crippen LogP contribution in [0.15, 0.2) is 0 Å². The third-order valence-corrected chi connectivity index (χ3v) is 3.58. The summed E-state index contributed by atoms with van der Waals surface area (Å²) in [4.78, 5) is 11.8. The molecular formula is C13H24O5S. The van der Waals surface area contributed by atoms with Gasteiger partial charge in [-0.1, -0.05) is 12.8 Å². The third-order valence-electron chi connectivity index (χ3n) is 2.99. The van der Waals surface area contributed by atoms with Crippen molar-refractivity contribution < 1.29 is 22.1 Å². The van der Waals surface area contributed by atoms with Gasteiger partial charge in [0, 0.05) is 0 Å². The van der Waals surface area contributed by atoms with Gasteiger partial charge in [0.1, 0.15) is 5.60 Å². The molecule has 0 aromatic rings. The first-order valence-corrected chi connectivity index (χ1v) is 8.48. The number of rotatable bonds is 4. The summed E-state index contributed by atoms with van der Waals surface area (Å²) in [5.41, 5.74) is -0.515. The molecule has 1 saturated carbocycles. The Balaban J connectivity index is 2.60. The van der Waals surface area contributed by atoms with Gasteiger partial charge in [-0.25, -0.2) is 0 Å². The summed E-state index contributed by atoms with van der Waals surface area (Å²) in [7, 11) is -3.48. The number of carbonyl (C=O) groups excluding carboxylic acids is 1. The predicted octanol–water partition coefficient (Wildman–Crippen LogP) is 2.25. The Labute approximate surface area is 115 Å². The van der Waals surface area contributed by atoms with Crippen LogP contribution >= 0.6 is 0 Å². The minimum Gasteiger partial charge on any atom is -0.460 e. The van der Waals surface area contributed by atoms with Crippen molar-refractivity contribution in [1.82, 2.24) is 0 Å². The summed E-state index contributed by atoms with van der Waals surface area (Å²) in [5, 5.41) is 0. The second-order valence-corrected chi connectivity index (χ2v) is 7.77. The summed E-state index contributed by atoms with van der Waals surface area (Å²) in [5.74, 6) is -0.361. The highest BCUT2D eigenvalue weighted by atomic mass is 32.2. The van der Waals surface area contributed by atoms with Crippen LogP contribution in [0, 0.1) is 5.92 Å². The zero-order valence-electron chi connectivity index (χ0n) is 12.1. The zero-order chi connectivity index (χ0) is 14.7. The Morgan fingerprint density at radius 2 is 1.79 bits per heavy atom. The molecule has 1 fully saturated rings. The van der Waals surface area contributed by atoms with E-state index in [0.717, 1.165) is 25.5 Å². The molecule has 0 radical (unpaired) electrons. The van der Waals surface area contributed by atoms with Crippen LogP contribution in [0.1, 0.15) is 52.9 Å². The summed E-state index contributed by atoms with van der Waals surface area (Å²) in [6.45, 7) is 5.45. The van der Waals surface area contributed by atoms with E-state index in [2.05, 4.69) is 0 Å². The molecule has 0 aliphatic heterocycles. The van der Waals surface area contributed by atoms with Crippen molar-refractivity contribution >= 4 is 16.1 Å². The first-order valence-electron chi connectivity index (χ1n) is 6.67. The van der Waals surface area contributed by atoms with E-state index in [1.54, 1.807) is 0 Å². The fourth-order valence-electron chi connectivity index (χ4n) is 2.36. The largest absolute Gasteiger partial charge is 0.460 e. The molecule has 0 amide bonds. The second-order valence-electron chi connectivity index (χ2n) is 6.17. The molecule has 0 saturated heterocycles. The molecular weight excluding hydrogens is 268 g/mol. The van der Waals surface area contributed by atoms with Crippen LogP contribution in [0.2, 0.25) is 0 Å². The Bertz CT molecular complexity index is 407. The maximum absolute atomic E-state index is 11.8. The molecule has 1 aliphatic carbocycles. The first kappa shape index (κ1) is 16.4. The van der Waals surface area contributed by atoms with E-state index < -0.39 is 21.8 Å². The Morgan fingerprint density at radius 1 is 1.21 bits per heavy atom. The number of hydrogen-bond donors (Lipinski definition) is 0. The zero-order valence-corrected chi connectivity index (χ0v) is 13.0. The minimum absolute atomic E-state index is 0.0710. The van der Waals surface area contributed by atoms with Crippen LogP contribution in [0.25, 0.3) is 0 Å². The lowest BCUT2D eigenvalue weighted by molar-refractivity contribution is -0.157. The Hall–Kier alpha value is -0.620. The molecule has 1 aliphatic rings. The van der Waals surface area contributed by atoms with Gasteiger partial charge in [-0.3, -0.25) is 8.98 Å². The van der Waals surface area contributed by atoms with E-state index >= 15 is 0 Å². The normalized spacial score (nSPS) is 25.1. The fraction of sp³-hybridized carbons (Fsp3) is 0.923. The van der Waals surface area contributed by atoms with Crippen LogP contribution in [0.3, 0.4) is 0 Å². The van der Waals surface area contributed by atoms with E-state index in [-0.39, 0.29) is 18.3 Å². The van der Waals surface area contributed by atoms with E-state index in [1.807, 2.05) is 20.8 Å². The summed E-state index contributed by atoms with van der Waals surface area (Å²) < 4.78 is 32.8. The fourth-order valence-corrected chi connectivity index (χ4v) is 3.06. The number of carbonyl (C=O) groups is 1. The molecule has 112 valence electrons. The first-order chi connectivity index (χ1) is 8.57. The van der Waals surface area contributed by atoms with Gasteiger partial charge in [-0.05, 0) is 39.5 Å².